The number of anilines is 1. The number of nitrogens with two attached hydrogens (primary N) is 1. The van der Waals surface area contributed by atoms with E-state index in [1.807, 2.05) is 0 Å². The largest absolute Gasteiger partial charge is 0.506 e. The number of aromatic hydroxyl groups is 1. The second-order valence-corrected chi connectivity index (χ2v) is 8.90. The minimum atomic E-state index is -3.56. The lowest BCUT2D eigenvalue weighted by molar-refractivity contribution is 0.370. The van der Waals surface area contributed by atoms with Crippen molar-refractivity contribution in [2.75, 3.05) is 12.3 Å². The van der Waals surface area contributed by atoms with Gasteiger partial charge < -0.3 is 15.6 Å². The van der Waals surface area contributed by atoms with Gasteiger partial charge in [-0.2, -0.15) is 0 Å². The first kappa shape index (κ1) is 21.0. The maximum atomic E-state index is 11.5. The van der Waals surface area contributed by atoms with Gasteiger partial charge in [0.2, 0.25) is 10.0 Å². The number of phenols is 1. The Bertz CT molecular complexity index is 1240. The summed E-state index contributed by atoms with van der Waals surface area (Å²) in [4.78, 5) is 4.05. The number of hydrogen-bond donors (Lipinski definition) is 3. The maximum Gasteiger partial charge on any atom is 0.233 e. The van der Waals surface area contributed by atoms with E-state index in [1.54, 1.807) is 24.3 Å². The van der Waals surface area contributed by atoms with Gasteiger partial charge in [-0.3, -0.25) is 0 Å². The fourth-order valence-corrected chi connectivity index (χ4v) is 3.91. The van der Waals surface area contributed by atoms with E-state index in [-0.39, 0.29) is 18.9 Å². The molecule has 0 radical (unpaired) electrons. The van der Waals surface area contributed by atoms with Crippen LogP contribution < -0.4 is 15.2 Å². The standard InChI is InChI=1S/C19H16ClN3O4S2/c1-2-29(25,26)22-11-13-6-3-7-15(17(13)20)27-8-4-5-12-9-14(24)18-16(10-12)28-19(21)23-18/h2-3,6-7,9-10,22,24H,1,8,11H2,(H2,21,23). The van der Waals surface area contributed by atoms with Gasteiger partial charge in [0.05, 0.1) is 9.72 Å². The van der Waals surface area contributed by atoms with Crippen molar-refractivity contribution >= 4 is 48.3 Å². The van der Waals surface area contributed by atoms with Crippen LogP contribution in [0.3, 0.4) is 0 Å². The highest BCUT2D eigenvalue weighted by Gasteiger charge is 2.10. The first-order valence-electron chi connectivity index (χ1n) is 8.19. The fourth-order valence-electron chi connectivity index (χ4n) is 2.39. The normalized spacial score (nSPS) is 11.1. The Morgan fingerprint density at radius 2 is 2.21 bits per heavy atom. The lowest BCUT2D eigenvalue weighted by Gasteiger charge is -2.10. The van der Waals surface area contributed by atoms with Gasteiger partial charge in [0.1, 0.15) is 23.6 Å². The van der Waals surface area contributed by atoms with Gasteiger partial charge in [0, 0.05) is 17.5 Å². The minimum Gasteiger partial charge on any atom is -0.506 e. The molecule has 0 aliphatic carbocycles. The van der Waals surface area contributed by atoms with Crippen LogP contribution in [-0.4, -0.2) is 25.1 Å². The molecule has 7 nitrogen and oxygen atoms in total. The molecule has 3 rings (SSSR count). The van der Waals surface area contributed by atoms with Gasteiger partial charge in [-0.05, 0) is 23.8 Å². The van der Waals surface area contributed by atoms with Crippen LogP contribution in [0.2, 0.25) is 5.02 Å². The number of halogens is 1. The number of rotatable bonds is 6. The van der Waals surface area contributed by atoms with Crippen LogP contribution in [-0.2, 0) is 16.6 Å². The summed E-state index contributed by atoms with van der Waals surface area (Å²) >= 11 is 7.54. The lowest BCUT2D eigenvalue weighted by Crippen LogP contribution is -2.20. The number of sulfonamides is 1. The summed E-state index contributed by atoms with van der Waals surface area (Å²) in [5.74, 6) is 6.14. The summed E-state index contributed by atoms with van der Waals surface area (Å²) < 4.78 is 31.6. The highest BCUT2D eigenvalue weighted by atomic mass is 35.5. The quantitative estimate of drug-likeness (QED) is 0.498. The average molecular weight is 450 g/mol. The summed E-state index contributed by atoms with van der Waals surface area (Å²) in [6.45, 7) is 3.29. The Hall–Kier alpha value is -2.77. The average Bonchev–Trinajstić information content (AvgIpc) is 3.06. The molecule has 3 aromatic rings. The third-order valence-corrected chi connectivity index (χ3v) is 6.00. The first-order valence-corrected chi connectivity index (χ1v) is 10.9. The van der Waals surface area contributed by atoms with E-state index < -0.39 is 10.0 Å². The molecule has 0 fully saturated rings. The SMILES string of the molecule is C=CS(=O)(=O)NCc1cccc(OCC#Cc2cc(O)c3nc(N)sc3c2)c1Cl. The molecule has 0 amide bonds. The molecule has 2 aromatic carbocycles. The minimum absolute atomic E-state index is 0.00728. The number of nitrogens with zero attached hydrogens (tertiary/aromatic N) is 1. The molecule has 0 aliphatic heterocycles. The number of hydrogen-bond acceptors (Lipinski definition) is 7. The predicted octanol–water partition coefficient (Wildman–Crippen LogP) is 3.23. The van der Waals surface area contributed by atoms with Gasteiger partial charge in [-0.25, -0.2) is 18.1 Å². The molecule has 0 saturated heterocycles. The molecule has 150 valence electrons. The van der Waals surface area contributed by atoms with Crippen LogP contribution in [0.5, 0.6) is 11.5 Å². The first-order chi connectivity index (χ1) is 13.8. The second-order valence-electron chi connectivity index (χ2n) is 5.75. The van der Waals surface area contributed by atoms with Gasteiger partial charge >= 0.3 is 0 Å². The summed E-state index contributed by atoms with van der Waals surface area (Å²) in [6.07, 6.45) is 0. The van der Waals surface area contributed by atoms with Crippen molar-refractivity contribution in [3.63, 3.8) is 0 Å². The van der Waals surface area contributed by atoms with Crippen molar-refractivity contribution in [1.29, 1.82) is 0 Å². The zero-order valence-electron chi connectivity index (χ0n) is 15.0. The molecular formula is C19H16ClN3O4S2. The zero-order valence-corrected chi connectivity index (χ0v) is 17.4. The third-order valence-electron chi connectivity index (χ3n) is 3.75. The van der Waals surface area contributed by atoms with Gasteiger partial charge in [0.25, 0.3) is 0 Å². The third kappa shape index (κ3) is 5.19. The maximum absolute atomic E-state index is 11.5. The summed E-state index contributed by atoms with van der Waals surface area (Å²) in [6, 6.07) is 8.34. The van der Waals surface area contributed by atoms with Gasteiger partial charge in [-0.1, -0.05) is 53.5 Å². The number of benzene rings is 2. The zero-order chi connectivity index (χ0) is 21.0. The molecular weight excluding hydrogens is 434 g/mol. The fraction of sp³-hybridized carbons (Fsp3) is 0.105. The Kier molecular flexibility index (Phi) is 6.30. The van der Waals surface area contributed by atoms with E-state index in [4.69, 9.17) is 22.1 Å². The molecule has 1 aromatic heterocycles. The molecule has 4 N–H and O–H groups in total. The van der Waals surface area contributed by atoms with Crippen LogP contribution >= 0.6 is 22.9 Å². The number of ether oxygens (including phenoxy) is 1. The molecule has 10 heteroatoms. The Morgan fingerprint density at radius 1 is 1.41 bits per heavy atom. The Balaban J connectivity index is 1.68. The number of aromatic nitrogens is 1. The van der Waals surface area contributed by atoms with Crippen LogP contribution in [0.15, 0.2) is 42.3 Å². The van der Waals surface area contributed by atoms with Crippen LogP contribution in [0.4, 0.5) is 5.13 Å². The Morgan fingerprint density at radius 3 is 2.97 bits per heavy atom. The summed E-state index contributed by atoms with van der Waals surface area (Å²) in [7, 11) is -3.56. The van der Waals surface area contributed by atoms with Gasteiger partial charge in [-0.15, -0.1) is 0 Å². The van der Waals surface area contributed by atoms with Crippen molar-refractivity contribution in [3.05, 3.63) is 58.5 Å². The van der Waals surface area contributed by atoms with E-state index in [1.165, 1.54) is 17.4 Å². The number of phenolic OH excluding ortho intramolecular Hbond substituents is 1. The van der Waals surface area contributed by atoms with Crippen molar-refractivity contribution in [2.24, 2.45) is 0 Å². The molecule has 0 saturated carbocycles. The van der Waals surface area contributed by atoms with E-state index in [0.29, 0.717) is 32.5 Å². The van der Waals surface area contributed by atoms with Crippen molar-refractivity contribution < 1.29 is 18.3 Å². The highest BCUT2D eigenvalue weighted by molar-refractivity contribution is 7.92. The molecule has 0 aliphatic rings. The Labute approximate surface area is 176 Å². The number of nitrogens with one attached hydrogen (secondary N) is 1. The van der Waals surface area contributed by atoms with Crippen molar-refractivity contribution in [2.45, 2.75) is 6.54 Å². The van der Waals surface area contributed by atoms with E-state index in [0.717, 1.165) is 10.1 Å². The van der Waals surface area contributed by atoms with Gasteiger partial charge in [0.15, 0.2) is 5.13 Å². The van der Waals surface area contributed by atoms with E-state index in [2.05, 4.69) is 28.1 Å². The van der Waals surface area contributed by atoms with Crippen molar-refractivity contribution in [1.82, 2.24) is 9.71 Å². The highest BCUT2D eigenvalue weighted by Crippen LogP contribution is 2.31. The molecule has 0 unspecified atom stereocenters. The predicted molar refractivity (Wildman–Crippen MR) is 115 cm³/mol. The van der Waals surface area contributed by atoms with Crippen LogP contribution in [0, 0.1) is 11.8 Å². The summed E-state index contributed by atoms with van der Waals surface area (Å²) in [5.41, 5.74) is 7.26. The number of thiazole rings is 1. The van der Waals surface area contributed by atoms with Crippen LogP contribution in [0.25, 0.3) is 10.2 Å². The van der Waals surface area contributed by atoms with Crippen LogP contribution in [0.1, 0.15) is 11.1 Å². The molecule has 0 atom stereocenters. The topological polar surface area (TPSA) is 115 Å². The molecule has 0 spiro atoms. The number of fused-ring (bicyclic) bond motifs is 1. The smallest absolute Gasteiger partial charge is 0.233 e. The van der Waals surface area contributed by atoms with E-state index >= 15 is 0 Å². The second kappa shape index (κ2) is 8.71. The number of nitrogen functional groups attached to an aromatic ring is 1. The molecule has 29 heavy (non-hydrogen) atoms. The molecule has 0 bridgehead atoms. The molecule has 1 heterocycles. The van der Waals surface area contributed by atoms with E-state index in [9.17, 15) is 13.5 Å². The van der Waals surface area contributed by atoms with Crippen molar-refractivity contribution in [3.8, 4) is 23.3 Å². The monoisotopic (exact) mass is 449 g/mol. The summed E-state index contributed by atoms with van der Waals surface area (Å²) in [5, 5.41) is 11.5. The lowest BCUT2D eigenvalue weighted by atomic mass is 10.2.